The highest BCUT2D eigenvalue weighted by Crippen LogP contribution is 2.29. The summed E-state index contributed by atoms with van der Waals surface area (Å²) in [6.45, 7) is 2.16. The molecule has 0 radical (unpaired) electrons. The Morgan fingerprint density at radius 2 is 1.76 bits per heavy atom. The van der Waals surface area contributed by atoms with Crippen molar-refractivity contribution < 1.29 is 13.2 Å². The van der Waals surface area contributed by atoms with E-state index in [0.29, 0.717) is 12.1 Å². The monoisotopic (exact) mass is 294 g/mol. The number of rotatable bonds is 5. The Bertz CT molecular complexity index is 567. The van der Waals surface area contributed by atoms with Crippen molar-refractivity contribution in [2.24, 2.45) is 0 Å². The van der Waals surface area contributed by atoms with Gasteiger partial charge in [-0.05, 0) is 24.6 Å². The Morgan fingerprint density at radius 1 is 1.05 bits per heavy atom. The van der Waals surface area contributed by atoms with E-state index in [1.54, 1.807) is 36.4 Å². The summed E-state index contributed by atoms with van der Waals surface area (Å²) in [5.74, 6) is 0. The third kappa shape index (κ3) is 5.19. The zero-order chi connectivity index (χ0) is 15.3. The minimum Gasteiger partial charge on any atom is -0.304 e. The van der Waals surface area contributed by atoms with Gasteiger partial charge >= 0.3 is 6.18 Å². The summed E-state index contributed by atoms with van der Waals surface area (Å²) in [4.78, 5) is 4.29. The molecule has 0 aliphatic carbocycles. The van der Waals surface area contributed by atoms with Crippen LogP contribution in [-0.4, -0.2) is 11.2 Å². The number of nitrogens with one attached hydrogen (secondary N) is 1. The number of hydrogen-bond donors (Lipinski definition) is 1. The van der Waals surface area contributed by atoms with Crippen LogP contribution >= 0.6 is 0 Å². The molecule has 1 aromatic carbocycles. The fourth-order valence-corrected chi connectivity index (χ4v) is 2.15. The topological polar surface area (TPSA) is 24.9 Å². The number of benzene rings is 1. The van der Waals surface area contributed by atoms with Gasteiger partial charge in [-0.3, -0.25) is 4.98 Å². The highest BCUT2D eigenvalue weighted by Gasteiger charge is 2.32. The predicted molar refractivity (Wildman–Crippen MR) is 75.7 cm³/mol. The van der Waals surface area contributed by atoms with E-state index in [9.17, 15) is 13.2 Å². The van der Waals surface area contributed by atoms with Gasteiger partial charge in [-0.25, -0.2) is 0 Å². The summed E-state index contributed by atoms with van der Waals surface area (Å²) in [5, 5.41) is 2.95. The van der Waals surface area contributed by atoms with Gasteiger partial charge in [0.2, 0.25) is 0 Å². The first-order valence-corrected chi connectivity index (χ1v) is 6.72. The second kappa shape index (κ2) is 6.72. The lowest BCUT2D eigenvalue weighted by Gasteiger charge is -2.20. The molecule has 0 amide bonds. The second-order valence-corrected chi connectivity index (χ2v) is 4.93. The normalized spacial score (nSPS) is 13.1. The van der Waals surface area contributed by atoms with Crippen LogP contribution in [0.4, 0.5) is 13.2 Å². The van der Waals surface area contributed by atoms with Gasteiger partial charge in [-0.2, -0.15) is 13.2 Å². The van der Waals surface area contributed by atoms with Crippen LogP contribution in [0.5, 0.6) is 0 Å². The number of aryl methyl sites for hydroxylation is 1. The summed E-state index contributed by atoms with van der Waals surface area (Å²) in [5.41, 5.74) is 2.21. The molecule has 0 saturated heterocycles. The van der Waals surface area contributed by atoms with Crippen molar-refractivity contribution in [3.05, 3.63) is 65.5 Å². The Balaban J connectivity index is 2.09. The Morgan fingerprint density at radius 3 is 2.38 bits per heavy atom. The molecule has 1 heterocycles. The molecule has 0 saturated carbocycles. The third-order valence-corrected chi connectivity index (χ3v) is 3.11. The number of pyridine rings is 1. The van der Waals surface area contributed by atoms with E-state index in [1.807, 2.05) is 19.1 Å². The van der Waals surface area contributed by atoms with Gasteiger partial charge in [0.25, 0.3) is 0 Å². The first-order chi connectivity index (χ1) is 9.94. The predicted octanol–water partition coefficient (Wildman–Crippen LogP) is 4.17. The lowest BCUT2D eigenvalue weighted by Crippen LogP contribution is -2.26. The maximum atomic E-state index is 12.7. The molecule has 5 heteroatoms. The lowest BCUT2D eigenvalue weighted by atomic mass is 10.0. The molecule has 2 rings (SSSR count). The lowest BCUT2D eigenvalue weighted by molar-refractivity contribution is -0.140. The number of halogens is 3. The van der Waals surface area contributed by atoms with E-state index >= 15 is 0 Å². The zero-order valence-electron chi connectivity index (χ0n) is 11.7. The molecule has 0 aliphatic heterocycles. The molecule has 0 aliphatic rings. The second-order valence-electron chi connectivity index (χ2n) is 4.93. The summed E-state index contributed by atoms with van der Waals surface area (Å²) in [6.07, 6.45) is -5.11. The van der Waals surface area contributed by atoms with Gasteiger partial charge in [0.05, 0.1) is 12.1 Å². The smallest absolute Gasteiger partial charge is 0.304 e. The van der Waals surface area contributed by atoms with Crippen LogP contribution in [0.3, 0.4) is 0 Å². The summed E-state index contributed by atoms with van der Waals surface area (Å²) in [7, 11) is 0. The van der Waals surface area contributed by atoms with E-state index in [1.165, 1.54) is 0 Å². The first-order valence-electron chi connectivity index (χ1n) is 6.72. The SMILES string of the molecule is Cc1cccc(CNC(CC(F)(F)F)c2ccccc2)n1. The van der Waals surface area contributed by atoms with E-state index in [0.717, 1.165) is 11.4 Å². The molecule has 2 aromatic rings. The number of alkyl halides is 3. The average Bonchev–Trinajstić information content (AvgIpc) is 2.43. The molecular formula is C16H17F3N2. The summed E-state index contributed by atoms with van der Waals surface area (Å²) in [6, 6.07) is 13.4. The minimum absolute atomic E-state index is 0.303. The van der Waals surface area contributed by atoms with Crippen molar-refractivity contribution in [1.29, 1.82) is 0 Å². The number of nitrogens with zero attached hydrogens (tertiary/aromatic N) is 1. The molecule has 0 bridgehead atoms. The van der Waals surface area contributed by atoms with Gasteiger partial charge in [0.15, 0.2) is 0 Å². The van der Waals surface area contributed by atoms with Gasteiger partial charge in [0.1, 0.15) is 0 Å². The van der Waals surface area contributed by atoms with Crippen molar-refractivity contribution in [2.75, 3.05) is 0 Å². The molecule has 112 valence electrons. The molecular weight excluding hydrogens is 277 g/mol. The van der Waals surface area contributed by atoms with Crippen LogP contribution in [0.15, 0.2) is 48.5 Å². The van der Waals surface area contributed by atoms with Crippen LogP contribution in [0.25, 0.3) is 0 Å². The molecule has 0 fully saturated rings. The largest absolute Gasteiger partial charge is 0.390 e. The van der Waals surface area contributed by atoms with E-state index in [-0.39, 0.29) is 0 Å². The fraction of sp³-hybridized carbons (Fsp3) is 0.312. The third-order valence-electron chi connectivity index (χ3n) is 3.11. The highest BCUT2D eigenvalue weighted by molar-refractivity contribution is 5.19. The van der Waals surface area contributed by atoms with Crippen LogP contribution in [-0.2, 0) is 6.54 Å². The van der Waals surface area contributed by atoms with Crippen molar-refractivity contribution in [2.45, 2.75) is 32.1 Å². The molecule has 1 unspecified atom stereocenters. The summed E-state index contributed by atoms with van der Waals surface area (Å²) < 4.78 is 38.2. The average molecular weight is 294 g/mol. The van der Waals surface area contributed by atoms with Crippen LogP contribution in [0.1, 0.15) is 29.4 Å². The quantitative estimate of drug-likeness (QED) is 0.895. The number of hydrogen-bond acceptors (Lipinski definition) is 2. The van der Waals surface area contributed by atoms with E-state index in [2.05, 4.69) is 10.3 Å². The summed E-state index contributed by atoms with van der Waals surface area (Å²) >= 11 is 0. The molecule has 1 aromatic heterocycles. The Kier molecular flexibility index (Phi) is 4.96. The van der Waals surface area contributed by atoms with E-state index < -0.39 is 18.6 Å². The highest BCUT2D eigenvalue weighted by atomic mass is 19.4. The fourth-order valence-electron chi connectivity index (χ4n) is 2.15. The standard InChI is InChI=1S/C16H17F3N2/c1-12-6-5-9-14(21-12)11-20-15(10-16(17,18)19)13-7-3-2-4-8-13/h2-9,15,20H,10-11H2,1H3. The maximum Gasteiger partial charge on any atom is 0.390 e. The molecule has 0 spiro atoms. The van der Waals surface area contributed by atoms with Gasteiger partial charge < -0.3 is 5.32 Å². The van der Waals surface area contributed by atoms with Crippen LogP contribution < -0.4 is 5.32 Å². The van der Waals surface area contributed by atoms with Crippen molar-refractivity contribution in [1.82, 2.24) is 10.3 Å². The van der Waals surface area contributed by atoms with Gasteiger partial charge in [0, 0.05) is 18.3 Å². The van der Waals surface area contributed by atoms with Crippen molar-refractivity contribution in [3.8, 4) is 0 Å². The molecule has 1 N–H and O–H groups in total. The van der Waals surface area contributed by atoms with Gasteiger partial charge in [-0.1, -0.05) is 36.4 Å². The van der Waals surface area contributed by atoms with Crippen molar-refractivity contribution >= 4 is 0 Å². The Labute approximate surface area is 122 Å². The van der Waals surface area contributed by atoms with Gasteiger partial charge in [-0.15, -0.1) is 0 Å². The Hall–Kier alpha value is -1.88. The number of aromatic nitrogens is 1. The minimum atomic E-state index is -4.21. The first kappa shape index (κ1) is 15.5. The zero-order valence-corrected chi connectivity index (χ0v) is 11.7. The molecule has 1 atom stereocenters. The maximum absolute atomic E-state index is 12.7. The molecule has 21 heavy (non-hydrogen) atoms. The van der Waals surface area contributed by atoms with Crippen LogP contribution in [0.2, 0.25) is 0 Å². The van der Waals surface area contributed by atoms with E-state index in [4.69, 9.17) is 0 Å². The van der Waals surface area contributed by atoms with Crippen LogP contribution in [0, 0.1) is 6.92 Å². The molecule has 2 nitrogen and oxygen atoms in total. The van der Waals surface area contributed by atoms with Crippen molar-refractivity contribution in [3.63, 3.8) is 0 Å².